The minimum absolute atomic E-state index is 0.180. The molecule has 124 valence electrons. The first-order chi connectivity index (χ1) is 10.5. The maximum absolute atomic E-state index is 10.7. The third kappa shape index (κ3) is 3.73. The standard InChI is InChI=1S/C18H26N4O/c1-17(2,3)12-7-11(8-13(15(12)23)18(4,5)6)22-14-9-20-10-21-16(14)19/h7-10,22-23H,1-6H3,(H2,19,20,21). The van der Waals surface area contributed by atoms with Gasteiger partial charge in [-0.2, -0.15) is 0 Å². The number of nitrogens with zero attached hydrogens (tertiary/aromatic N) is 2. The molecule has 0 fully saturated rings. The van der Waals surface area contributed by atoms with Crippen molar-refractivity contribution in [3.8, 4) is 5.75 Å². The highest BCUT2D eigenvalue weighted by Crippen LogP contribution is 2.41. The van der Waals surface area contributed by atoms with Crippen molar-refractivity contribution in [2.45, 2.75) is 52.4 Å². The quantitative estimate of drug-likeness (QED) is 0.727. The zero-order valence-corrected chi connectivity index (χ0v) is 14.7. The molecular formula is C18H26N4O. The third-order valence-corrected chi connectivity index (χ3v) is 3.75. The first-order valence-electron chi connectivity index (χ1n) is 7.70. The number of rotatable bonds is 2. The summed E-state index contributed by atoms with van der Waals surface area (Å²) >= 11 is 0. The molecule has 0 aliphatic rings. The Hall–Kier alpha value is -2.30. The van der Waals surface area contributed by atoms with E-state index in [9.17, 15) is 5.11 Å². The van der Waals surface area contributed by atoms with Gasteiger partial charge in [-0.05, 0) is 23.0 Å². The van der Waals surface area contributed by atoms with Crippen molar-refractivity contribution in [2.24, 2.45) is 0 Å². The predicted molar refractivity (Wildman–Crippen MR) is 95.2 cm³/mol. The Kier molecular flexibility index (Phi) is 4.24. The molecule has 23 heavy (non-hydrogen) atoms. The fourth-order valence-electron chi connectivity index (χ4n) is 2.44. The van der Waals surface area contributed by atoms with E-state index in [1.54, 1.807) is 6.20 Å². The van der Waals surface area contributed by atoms with Crippen LogP contribution in [-0.2, 0) is 10.8 Å². The Morgan fingerprint density at radius 1 is 1.00 bits per heavy atom. The second-order valence-corrected chi connectivity index (χ2v) is 7.87. The molecule has 0 amide bonds. The van der Waals surface area contributed by atoms with Gasteiger partial charge in [0.25, 0.3) is 0 Å². The van der Waals surface area contributed by atoms with Crippen molar-refractivity contribution >= 4 is 17.2 Å². The number of hydrogen-bond donors (Lipinski definition) is 3. The van der Waals surface area contributed by atoms with E-state index in [2.05, 4.69) is 56.8 Å². The number of nitrogens with one attached hydrogen (secondary N) is 1. The number of hydrogen-bond acceptors (Lipinski definition) is 5. The molecule has 0 spiro atoms. The molecule has 0 unspecified atom stereocenters. The zero-order valence-electron chi connectivity index (χ0n) is 14.7. The van der Waals surface area contributed by atoms with Gasteiger partial charge >= 0.3 is 0 Å². The van der Waals surface area contributed by atoms with Crippen LogP contribution in [0.5, 0.6) is 5.75 Å². The van der Waals surface area contributed by atoms with Gasteiger partial charge in [-0.3, -0.25) is 0 Å². The van der Waals surface area contributed by atoms with Crippen LogP contribution in [0.15, 0.2) is 24.7 Å². The first kappa shape index (κ1) is 17.1. The Labute approximate surface area is 138 Å². The number of aromatic nitrogens is 2. The summed E-state index contributed by atoms with van der Waals surface area (Å²) < 4.78 is 0. The lowest BCUT2D eigenvalue weighted by Gasteiger charge is -2.28. The van der Waals surface area contributed by atoms with Crippen LogP contribution >= 0.6 is 0 Å². The second-order valence-electron chi connectivity index (χ2n) is 7.87. The molecule has 1 heterocycles. The molecule has 0 saturated heterocycles. The van der Waals surface area contributed by atoms with Crippen molar-refractivity contribution in [3.05, 3.63) is 35.8 Å². The summed E-state index contributed by atoms with van der Waals surface area (Å²) in [4.78, 5) is 7.99. The Balaban J connectivity index is 2.59. The van der Waals surface area contributed by atoms with E-state index >= 15 is 0 Å². The fraction of sp³-hybridized carbons (Fsp3) is 0.444. The molecule has 0 aliphatic heterocycles. The molecule has 5 heteroatoms. The largest absolute Gasteiger partial charge is 0.507 e. The van der Waals surface area contributed by atoms with Gasteiger partial charge in [0, 0.05) is 16.8 Å². The van der Waals surface area contributed by atoms with Crippen molar-refractivity contribution < 1.29 is 5.11 Å². The Morgan fingerprint density at radius 2 is 1.52 bits per heavy atom. The van der Waals surface area contributed by atoms with Gasteiger partial charge in [0.1, 0.15) is 12.1 Å². The SMILES string of the molecule is CC(C)(C)c1cc(Nc2cncnc2N)cc(C(C)(C)C)c1O. The average Bonchev–Trinajstić information content (AvgIpc) is 2.40. The highest BCUT2D eigenvalue weighted by Gasteiger charge is 2.26. The molecular weight excluding hydrogens is 288 g/mol. The molecule has 0 saturated carbocycles. The summed E-state index contributed by atoms with van der Waals surface area (Å²) in [6.07, 6.45) is 3.06. The summed E-state index contributed by atoms with van der Waals surface area (Å²) in [5, 5.41) is 14.0. The predicted octanol–water partition coefficient (Wildman–Crippen LogP) is 4.10. The average molecular weight is 314 g/mol. The number of anilines is 3. The zero-order chi connectivity index (χ0) is 17.4. The van der Waals surface area contributed by atoms with Crippen LogP contribution in [0.4, 0.5) is 17.2 Å². The molecule has 0 bridgehead atoms. The maximum atomic E-state index is 10.7. The lowest BCUT2D eigenvalue weighted by Crippen LogP contribution is -2.17. The Bertz CT molecular complexity index is 677. The number of nitrogen functional groups attached to an aromatic ring is 1. The van der Waals surface area contributed by atoms with Crippen LogP contribution in [0, 0.1) is 0 Å². The summed E-state index contributed by atoms with van der Waals surface area (Å²) in [5.74, 6) is 0.746. The number of phenols is 1. The van der Waals surface area contributed by atoms with Gasteiger partial charge in [0.15, 0.2) is 5.82 Å². The van der Waals surface area contributed by atoms with Crippen molar-refractivity contribution in [2.75, 3.05) is 11.1 Å². The lowest BCUT2D eigenvalue weighted by molar-refractivity contribution is 0.423. The summed E-state index contributed by atoms with van der Waals surface area (Å²) in [6, 6.07) is 3.91. The van der Waals surface area contributed by atoms with Crippen LogP contribution in [0.1, 0.15) is 52.7 Å². The van der Waals surface area contributed by atoms with Crippen LogP contribution in [0.3, 0.4) is 0 Å². The van der Waals surface area contributed by atoms with Crippen LogP contribution in [-0.4, -0.2) is 15.1 Å². The van der Waals surface area contributed by atoms with Gasteiger partial charge in [0.2, 0.25) is 0 Å². The lowest BCUT2D eigenvalue weighted by atomic mass is 9.79. The van der Waals surface area contributed by atoms with Crippen molar-refractivity contribution in [1.82, 2.24) is 9.97 Å². The van der Waals surface area contributed by atoms with Crippen LogP contribution in [0.2, 0.25) is 0 Å². The summed E-state index contributed by atoms with van der Waals surface area (Å²) in [6.45, 7) is 12.5. The van der Waals surface area contributed by atoms with Crippen molar-refractivity contribution in [1.29, 1.82) is 0 Å². The summed E-state index contributed by atoms with van der Waals surface area (Å²) in [7, 11) is 0. The van der Waals surface area contributed by atoms with E-state index in [0.717, 1.165) is 16.8 Å². The van der Waals surface area contributed by atoms with Gasteiger partial charge < -0.3 is 16.2 Å². The van der Waals surface area contributed by atoms with Gasteiger partial charge in [-0.15, -0.1) is 0 Å². The second kappa shape index (κ2) is 5.72. The van der Waals surface area contributed by atoms with Crippen LogP contribution in [0.25, 0.3) is 0 Å². The van der Waals surface area contributed by atoms with E-state index in [1.165, 1.54) is 6.33 Å². The molecule has 1 aromatic heterocycles. The highest BCUT2D eigenvalue weighted by atomic mass is 16.3. The van der Waals surface area contributed by atoms with Crippen LogP contribution < -0.4 is 11.1 Å². The summed E-state index contributed by atoms with van der Waals surface area (Å²) in [5.41, 5.74) is 8.82. The van der Waals surface area contributed by atoms with E-state index in [1.807, 2.05) is 12.1 Å². The molecule has 4 N–H and O–H groups in total. The van der Waals surface area contributed by atoms with Gasteiger partial charge in [-0.1, -0.05) is 41.5 Å². The smallest absolute Gasteiger partial charge is 0.150 e. The molecule has 0 aliphatic carbocycles. The van der Waals surface area contributed by atoms with E-state index in [0.29, 0.717) is 17.3 Å². The molecule has 2 aromatic rings. The number of phenolic OH excluding ortho intramolecular Hbond substituents is 1. The monoisotopic (exact) mass is 314 g/mol. The molecule has 0 radical (unpaired) electrons. The topological polar surface area (TPSA) is 84.1 Å². The van der Waals surface area contributed by atoms with E-state index < -0.39 is 0 Å². The highest BCUT2D eigenvalue weighted by molar-refractivity contribution is 5.71. The minimum Gasteiger partial charge on any atom is -0.507 e. The first-order valence-corrected chi connectivity index (χ1v) is 7.70. The van der Waals surface area contributed by atoms with E-state index in [4.69, 9.17) is 5.73 Å². The van der Waals surface area contributed by atoms with Gasteiger partial charge in [-0.25, -0.2) is 9.97 Å². The molecule has 2 rings (SSSR count). The molecule has 0 atom stereocenters. The van der Waals surface area contributed by atoms with E-state index in [-0.39, 0.29) is 10.8 Å². The van der Waals surface area contributed by atoms with Gasteiger partial charge in [0.05, 0.1) is 11.9 Å². The maximum Gasteiger partial charge on any atom is 0.150 e. The molecule has 1 aromatic carbocycles. The molecule has 5 nitrogen and oxygen atoms in total. The van der Waals surface area contributed by atoms with Crippen molar-refractivity contribution in [3.63, 3.8) is 0 Å². The normalized spacial score (nSPS) is 12.3. The number of nitrogens with two attached hydrogens (primary N) is 1. The minimum atomic E-state index is -0.180. The Morgan fingerprint density at radius 3 is 1.96 bits per heavy atom. The third-order valence-electron chi connectivity index (χ3n) is 3.75. The number of benzene rings is 1. The fourth-order valence-corrected chi connectivity index (χ4v) is 2.44. The number of aromatic hydroxyl groups is 1.